The molecule has 0 radical (unpaired) electrons. The Morgan fingerprint density at radius 3 is 2.69 bits per heavy atom. The summed E-state index contributed by atoms with van der Waals surface area (Å²) in [7, 11) is 0. The molecule has 0 unspecified atom stereocenters. The standard InChI is InChI=1S/C20H18N4OS/c1-12-7-9-14(10-8-12)19-22-20(24-23-19)26-13(2)18(25)16-11-21-17-6-4-3-5-15(16)17/h3-11,13,21H,1-2H3,(H,22,23,24)/t13-/m1/s1. The summed E-state index contributed by atoms with van der Waals surface area (Å²) in [6, 6.07) is 15.9. The van der Waals surface area contributed by atoms with E-state index in [9.17, 15) is 4.79 Å². The summed E-state index contributed by atoms with van der Waals surface area (Å²) in [6.07, 6.45) is 1.78. The van der Waals surface area contributed by atoms with Gasteiger partial charge in [0.05, 0.1) is 5.25 Å². The second-order valence-electron chi connectivity index (χ2n) is 6.20. The summed E-state index contributed by atoms with van der Waals surface area (Å²) < 4.78 is 0. The minimum atomic E-state index is -0.282. The van der Waals surface area contributed by atoms with Crippen LogP contribution in [0.3, 0.4) is 0 Å². The van der Waals surface area contributed by atoms with E-state index in [0.29, 0.717) is 16.5 Å². The van der Waals surface area contributed by atoms with Crippen molar-refractivity contribution in [1.82, 2.24) is 20.2 Å². The van der Waals surface area contributed by atoms with E-state index in [1.807, 2.05) is 62.4 Å². The number of aryl methyl sites for hydroxylation is 1. The number of Topliss-reactive ketones (excluding diaryl/α,β-unsaturated/α-hetero) is 1. The third kappa shape index (κ3) is 3.15. The molecule has 0 spiro atoms. The van der Waals surface area contributed by atoms with Crippen molar-refractivity contribution in [3.8, 4) is 11.4 Å². The Morgan fingerprint density at radius 2 is 1.88 bits per heavy atom. The van der Waals surface area contributed by atoms with Gasteiger partial charge in [-0.05, 0) is 19.9 Å². The average molecular weight is 362 g/mol. The van der Waals surface area contributed by atoms with Crippen molar-refractivity contribution in [2.75, 3.05) is 0 Å². The van der Waals surface area contributed by atoms with Crippen LogP contribution in [0.1, 0.15) is 22.8 Å². The first-order chi connectivity index (χ1) is 12.6. The molecule has 4 aromatic rings. The number of aromatic amines is 2. The highest BCUT2D eigenvalue weighted by Crippen LogP contribution is 2.27. The maximum absolute atomic E-state index is 12.8. The smallest absolute Gasteiger partial charge is 0.209 e. The molecular weight excluding hydrogens is 344 g/mol. The summed E-state index contributed by atoms with van der Waals surface area (Å²) in [5.41, 5.74) is 3.84. The number of thioether (sulfide) groups is 1. The zero-order valence-corrected chi connectivity index (χ0v) is 15.3. The van der Waals surface area contributed by atoms with Crippen LogP contribution in [0.2, 0.25) is 0 Å². The highest BCUT2D eigenvalue weighted by atomic mass is 32.2. The lowest BCUT2D eigenvalue weighted by Crippen LogP contribution is -2.13. The molecule has 0 saturated heterocycles. The van der Waals surface area contributed by atoms with E-state index in [1.54, 1.807) is 6.20 Å². The predicted molar refractivity (Wildman–Crippen MR) is 105 cm³/mol. The van der Waals surface area contributed by atoms with Gasteiger partial charge in [-0.15, -0.1) is 5.10 Å². The Hall–Kier alpha value is -2.86. The summed E-state index contributed by atoms with van der Waals surface area (Å²) in [5, 5.41) is 8.43. The predicted octanol–water partition coefficient (Wildman–Crippen LogP) is 4.62. The number of hydrogen-bond donors (Lipinski definition) is 2. The molecule has 0 aliphatic rings. The van der Waals surface area contributed by atoms with Crippen LogP contribution in [-0.2, 0) is 0 Å². The number of para-hydroxylation sites is 1. The van der Waals surface area contributed by atoms with E-state index in [4.69, 9.17) is 0 Å². The molecule has 2 N–H and O–H groups in total. The molecule has 2 aromatic carbocycles. The second kappa shape index (κ2) is 6.80. The van der Waals surface area contributed by atoms with Crippen molar-refractivity contribution in [2.24, 2.45) is 0 Å². The van der Waals surface area contributed by atoms with Crippen molar-refractivity contribution >= 4 is 28.4 Å². The molecule has 2 aromatic heterocycles. The number of ketones is 1. The lowest BCUT2D eigenvalue weighted by Gasteiger charge is -2.06. The molecule has 0 amide bonds. The zero-order valence-electron chi connectivity index (χ0n) is 14.5. The van der Waals surface area contributed by atoms with Gasteiger partial charge in [-0.1, -0.05) is 59.8 Å². The Labute approximate surface area is 155 Å². The molecule has 6 heteroatoms. The summed E-state index contributed by atoms with van der Waals surface area (Å²) >= 11 is 1.36. The maximum atomic E-state index is 12.8. The Balaban J connectivity index is 1.52. The Bertz CT molecular complexity index is 1060. The van der Waals surface area contributed by atoms with Gasteiger partial charge in [-0.3, -0.25) is 9.89 Å². The molecule has 4 rings (SSSR count). The van der Waals surface area contributed by atoms with E-state index < -0.39 is 0 Å². The lowest BCUT2D eigenvalue weighted by atomic mass is 10.1. The average Bonchev–Trinajstić information content (AvgIpc) is 3.29. The molecule has 5 nitrogen and oxygen atoms in total. The lowest BCUT2D eigenvalue weighted by molar-refractivity contribution is 0.0995. The number of H-pyrrole nitrogens is 2. The minimum Gasteiger partial charge on any atom is -0.360 e. The van der Waals surface area contributed by atoms with Crippen LogP contribution in [0.4, 0.5) is 0 Å². The van der Waals surface area contributed by atoms with E-state index in [1.165, 1.54) is 17.3 Å². The van der Waals surface area contributed by atoms with Crippen LogP contribution in [-0.4, -0.2) is 31.2 Å². The van der Waals surface area contributed by atoms with E-state index in [-0.39, 0.29) is 11.0 Å². The highest BCUT2D eigenvalue weighted by molar-refractivity contribution is 8.00. The van der Waals surface area contributed by atoms with Gasteiger partial charge in [0.2, 0.25) is 5.16 Å². The van der Waals surface area contributed by atoms with Gasteiger partial charge in [0.15, 0.2) is 11.6 Å². The molecule has 0 fully saturated rings. The first-order valence-corrected chi connectivity index (χ1v) is 9.26. The maximum Gasteiger partial charge on any atom is 0.209 e. The molecule has 2 heterocycles. The van der Waals surface area contributed by atoms with Crippen LogP contribution in [0, 0.1) is 6.92 Å². The normalized spacial score (nSPS) is 12.4. The van der Waals surface area contributed by atoms with Crippen LogP contribution in [0.25, 0.3) is 22.3 Å². The fourth-order valence-corrected chi connectivity index (χ4v) is 3.64. The number of benzene rings is 2. The van der Waals surface area contributed by atoms with Gasteiger partial charge < -0.3 is 4.98 Å². The Morgan fingerprint density at radius 1 is 1.12 bits per heavy atom. The van der Waals surface area contributed by atoms with Gasteiger partial charge in [-0.2, -0.15) is 0 Å². The van der Waals surface area contributed by atoms with E-state index >= 15 is 0 Å². The van der Waals surface area contributed by atoms with Crippen molar-refractivity contribution in [2.45, 2.75) is 24.3 Å². The number of hydrogen-bond acceptors (Lipinski definition) is 4. The molecule has 0 aliphatic heterocycles. The zero-order chi connectivity index (χ0) is 18.1. The van der Waals surface area contributed by atoms with Gasteiger partial charge in [0.25, 0.3) is 0 Å². The molecule has 1 atom stereocenters. The van der Waals surface area contributed by atoms with Gasteiger partial charge >= 0.3 is 0 Å². The van der Waals surface area contributed by atoms with Crippen LogP contribution in [0.5, 0.6) is 0 Å². The van der Waals surface area contributed by atoms with Gasteiger partial charge in [0, 0.05) is 28.2 Å². The number of nitrogens with zero attached hydrogens (tertiary/aromatic N) is 2. The van der Waals surface area contributed by atoms with E-state index in [2.05, 4.69) is 20.2 Å². The van der Waals surface area contributed by atoms with Crippen molar-refractivity contribution < 1.29 is 4.79 Å². The summed E-state index contributed by atoms with van der Waals surface area (Å²) in [6.45, 7) is 3.93. The molecule has 0 bridgehead atoms. The highest BCUT2D eigenvalue weighted by Gasteiger charge is 2.21. The third-order valence-electron chi connectivity index (χ3n) is 4.30. The van der Waals surface area contributed by atoms with Gasteiger partial charge in [0.1, 0.15) is 0 Å². The van der Waals surface area contributed by atoms with Crippen LogP contribution in [0.15, 0.2) is 59.9 Å². The third-order valence-corrected chi connectivity index (χ3v) is 5.26. The van der Waals surface area contributed by atoms with Crippen LogP contribution >= 0.6 is 11.8 Å². The summed E-state index contributed by atoms with van der Waals surface area (Å²) in [5.74, 6) is 0.772. The topological polar surface area (TPSA) is 74.4 Å². The second-order valence-corrected chi connectivity index (χ2v) is 7.51. The number of carbonyl (C=O) groups is 1. The van der Waals surface area contributed by atoms with E-state index in [0.717, 1.165) is 16.5 Å². The van der Waals surface area contributed by atoms with Crippen molar-refractivity contribution in [3.05, 3.63) is 65.9 Å². The van der Waals surface area contributed by atoms with Crippen molar-refractivity contribution in [1.29, 1.82) is 0 Å². The fourth-order valence-electron chi connectivity index (χ4n) is 2.85. The van der Waals surface area contributed by atoms with Gasteiger partial charge in [-0.25, -0.2) is 4.98 Å². The number of fused-ring (bicyclic) bond motifs is 1. The molecule has 0 saturated carbocycles. The monoisotopic (exact) mass is 362 g/mol. The van der Waals surface area contributed by atoms with Crippen molar-refractivity contribution in [3.63, 3.8) is 0 Å². The largest absolute Gasteiger partial charge is 0.360 e. The molecular formula is C20H18N4OS. The first-order valence-electron chi connectivity index (χ1n) is 8.38. The number of aromatic nitrogens is 4. The number of carbonyl (C=O) groups excluding carboxylic acids is 1. The molecule has 0 aliphatic carbocycles. The summed E-state index contributed by atoms with van der Waals surface area (Å²) in [4.78, 5) is 20.5. The Kier molecular flexibility index (Phi) is 4.34. The SMILES string of the molecule is Cc1ccc(-c2nc(S[C@H](C)C(=O)c3c[nH]c4ccccc34)n[nH]2)cc1. The number of nitrogens with one attached hydrogen (secondary N) is 2. The minimum absolute atomic E-state index is 0.0640. The molecule has 26 heavy (non-hydrogen) atoms. The van der Waals surface area contributed by atoms with Crippen LogP contribution < -0.4 is 0 Å². The fraction of sp³-hybridized carbons (Fsp3) is 0.150. The quantitative estimate of drug-likeness (QED) is 0.401. The molecule has 130 valence electrons. The number of rotatable bonds is 5. The first kappa shape index (κ1) is 16.6.